The first kappa shape index (κ1) is 9.72. The first-order valence-electron chi connectivity index (χ1n) is 5.46. The molecule has 0 aromatic heterocycles. The third kappa shape index (κ3) is 1.69. The van der Waals surface area contributed by atoms with E-state index in [0.717, 1.165) is 19.3 Å². The third-order valence-corrected chi connectivity index (χ3v) is 3.29. The Morgan fingerprint density at radius 1 is 1.14 bits per heavy atom. The molecule has 0 fully saturated rings. The number of aliphatic hydroxyl groups is 1. The predicted molar refractivity (Wildman–Crippen MR) is 58.4 cm³/mol. The van der Waals surface area contributed by atoms with E-state index in [1.54, 1.807) is 0 Å². The van der Waals surface area contributed by atoms with Crippen molar-refractivity contribution < 1.29 is 5.11 Å². The molecule has 0 amide bonds. The molecule has 0 heterocycles. The second-order valence-corrected chi connectivity index (χ2v) is 4.40. The van der Waals surface area contributed by atoms with Crippen molar-refractivity contribution in [2.24, 2.45) is 0 Å². The van der Waals surface area contributed by atoms with Gasteiger partial charge in [-0.25, -0.2) is 0 Å². The molecule has 2 rings (SSSR count). The quantitative estimate of drug-likeness (QED) is 0.623. The van der Waals surface area contributed by atoms with Crippen molar-refractivity contribution in [1.29, 1.82) is 0 Å². The molecule has 0 saturated heterocycles. The minimum atomic E-state index is -0.230. The number of hydrogen-bond acceptors (Lipinski definition) is 1. The zero-order chi connectivity index (χ0) is 10.1. The van der Waals surface area contributed by atoms with Gasteiger partial charge in [-0.1, -0.05) is 18.6 Å². The average Bonchev–Trinajstić information content (AvgIpc) is 2.31. The molecule has 0 spiro atoms. The van der Waals surface area contributed by atoms with Crippen LogP contribution in [0.4, 0.5) is 0 Å². The molecule has 0 radical (unpaired) electrons. The number of fused-ring (bicyclic) bond motifs is 1. The average molecular weight is 190 g/mol. The van der Waals surface area contributed by atoms with E-state index in [0.29, 0.717) is 0 Å². The van der Waals surface area contributed by atoms with Gasteiger partial charge in [0.15, 0.2) is 0 Å². The molecule has 0 saturated carbocycles. The Morgan fingerprint density at radius 2 is 1.86 bits per heavy atom. The van der Waals surface area contributed by atoms with Crippen LogP contribution in [0.25, 0.3) is 0 Å². The zero-order valence-corrected chi connectivity index (χ0v) is 9.01. The van der Waals surface area contributed by atoms with Crippen LogP contribution in [0, 0.1) is 13.8 Å². The summed E-state index contributed by atoms with van der Waals surface area (Å²) in [7, 11) is 0. The Kier molecular flexibility index (Phi) is 2.60. The van der Waals surface area contributed by atoms with Crippen molar-refractivity contribution in [2.75, 3.05) is 0 Å². The van der Waals surface area contributed by atoms with Gasteiger partial charge in [0.2, 0.25) is 0 Å². The molecule has 76 valence electrons. The fourth-order valence-corrected chi connectivity index (χ4v) is 2.23. The summed E-state index contributed by atoms with van der Waals surface area (Å²) in [5, 5.41) is 9.96. The summed E-state index contributed by atoms with van der Waals surface area (Å²) >= 11 is 0. The predicted octanol–water partition coefficient (Wildman–Crippen LogP) is 3.06. The minimum absolute atomic E-state index is 0.230. The summed E-state index contributed by atoms with van der Waals surface area (Å²) in [6.45, 7) is 4.26. The molecule has 1 nitrogen and oxygen atoms in total. The molecule has 0 bridgehead atoms. The van der Waals surface area contributed by atoms with Gasteiger partial charge < -0.3 is 5.11 Å². The van der Waals surface area contributed by atoms with Crippen LogP contribution >= 0.6 is 0 Å². The van der Waals surface area contributed by atoms with Crippen LogP contribution in [-0.4, -0.2) is 5.11 Å². The Bertz CT molecular complexity index is 341. The maximum absolute atomic E-state index is 9.96. The molecule has 1 aliphatic rings. The third-order valence-electron chi connectivity index (χ3n) is 3.29. The van der Waals surface area contributed by atoms with Crippen LogP contribution in [0.15, 0.2) is 12.1 Å². The van der Waals surface area contributed by atoms with E-state index in [9.17, 15) is 5.11 Å². The summed E-state index contributed by atoms with van der Waals surface area (Å²) in [5.41, 5.74) is 5.17. The van der Waals surface area contributed by atoms with Crippen molar-refractivity contribution in [1.82, 2.24) is 0 Å². The molecule has 0 aliphatic heterocycles. The number of aliphatic hydroxyl groups excluding tert-OH is 1. The van der Waals surface area contributed by atoms with Gasteiger partial charge in [0.25, 0.3) is 0 Å². The number of aryl methyl sites for hydroxylation is 3. The fraction of sp³-hybridized carbons (Fsp3) is 0.538. The molecule has 1 N–H and O–H groups in total. The summed E-state index contributed by atoms with van der Waals surface area (Å²) in [6, 6.07) is 4.42. The van der Waals surface area contributed by atoms with E-state index in [1.807, 2.05) is 0 Å². The smallest absolute Gasteiger partial charge is 0.0792 e. The monoisotopic (exact) mass is 190 g/mol. The minimum Gasteiger partial charge on any atom is -0.388 e. The standard InChI is InChI=1S/C13H18O/c1-9-7-11-5-3-4-6-13(14)12(11)8-10(9)2/h7-8,13-14H,3-6H2,1-2H3/t13-/m0/s1. The van der Waals surface area contributed by atoms with Crippen molar-refractivity contribution in [3.8, 4) is 0 Å². The lowest BCUT2D eigenvalue weighted by Crippen LogP contribution is -2.00. The Morgan fingerprint density at radius 3 is 2.64 bits per heavy atom. The van der Waals surface area contributed by atoms with Crippen LogP contribution in [0.1, 0.15) is 47.6 Å². The summed E-state index contributed by atoms with van der Waals surface area (Å²) in [6.07, 6.45) is 4.19. The normalized spacial score (nSPS) is 21.5. The topological polar surface area (TPSA) is 20.2 Å². The maximum Gasteiger partial charge on any atom is 0.0792 e. The summed E-state index contributed by atoms with van der Waals surface area (Å²) in [5.74, 6) is 0. The molecular formula is C13H18O. The van der Waals surface area contributed by atoms with Crippen LogP contribution < -0.4 is 0 Å². The van der Waals surface area contributed by atoms with E-state index in [2.05, 4.69) is 26.0 Å². The number of rotatable bonds is 0. The van der Waals surface area contributed by atoms with E-state index in [-0.39, 0.29) is 6.10 Å². The van der Waals surface area contributed by atoms with Crippen LogP contribution in [0.2, 0.25) is 0 Å². The second-order valence-electron chi connectivity index (χ2n) is 4.40. The first-order chi connectivity index (χ1) is 6.68. The maximum atomic E-state index is 9.96. The highest BCUT2D eigenvalue weighted by Crippen LogP contribution is 2.30. The highest BCUT2D eigenvalue weighted by atomic mass is 16.3. The second kappa shape index (κ2) is 3.74. The SMILES string of the molecule is Cc1cc2c(cc1C)[C@@H](O)CCCC2. The Hall–Kier alpha value is -0.820. The van der Waals surface area contributed by atoms with E-state index >= 15 is 0 Å². The number of benzene rings is 1. The van der Waals surface area contributed by atoms with Crippen molar-refractivity contribution in [3.05, 3.63) is 34.4 Å². The number of hydrogen-bond donors (Lipinski definition) is 1. The lowest BCUT2D eigenvalue weighted by molar-refractivity contribution is 0.166. The lowest BCUT2D eigenvalue weighted by atomic mass is 9.95. The Labute approximate surface area is 85.8 Å². The molecule has 1 heteroatoms. The van der Waals surface area contributed by atoms with Crippen LogP contribution in [0.3, 0.4) is 0 Å². The van der Waals surface area contributed by atoms with Crippen molar-refractivity contribution in [3.63, 3.8) is 0 Å². The largest absolute Gasteiger partial charge is 0.388 e. The molecule has 1 aliphatic carbocycles. The zero-order valence-electron chi connectivity index (χ0n) is 9.01. The summed E-state index contributed by atoms with van der Waals surface area (Å²) in [4.78, 5) is 0. The lowest BCUT2D eigenvalue weighted by Gasteiger charge is -2.14. The van der Waals surface area contributed by atoms with Gasteiger partial charge in [-0.3, -0.25) is 0 Å². The first-order valence-corrected chi connectivity index (χ1v) is 5.46. The summed E-state index contributed by atoms with van der Waals surface area (Å²) < 4.78 is 0. The van der Waals surface area contributed by atoms with Gasteiger partial charge in [0, 0.05) is 0 Å². The molecule has 1 aromatic carbocycles. The van der Waals surface area contributed by atoms with Crippen molar-refractivity contribution >= 4 is 0 Å². The van der Waals surface area contributed by atoms with Gasteiger partial charge in [-0.05, 0) is 55.4 Å². The van der Waals surface area contributed by atoms with Gasteiger partial charge in [0.05, 0.1) is 6.10 Å². The molecule has 14 heavy (non-hydrogen) atoms. The molecule has 1 atom stereocenters. The van der Waals surface area contributed by atoms with Crippen molar-refractivity contribution in [2.45, 2.75) is 45.6 Å². The van der Waals surface area contributed by atoms with Gasteiger partial charge >= 0.3 is 0 Å². The highest BCUT2D eigenvalue weighted by molar-refractivity contribution is 5.39. The molecule has 1 aromatic rings. The van der Waals surface area contributed by atoms with Crippen LogP contribution in [-0.2, 0) is 6.42 Å². The van der Waals surface area contributed by atoms with E-state index in [4.69, 9.17) is 0 Å². The van der Waals surface area contributed by atoms with E-state index in [1.165, 1.54) is 28.7 Å². The molecular weight excluding hydrogens is 172 g/mol. The van der Waals surface area contributed by atoms with Crippen LogP contribution in [0.5, 0.6) is 0 Å². The highest BCUT2D eigenvalue weighted by Gasteiger charge is 2.16. The Balaban J connectivity index is 2.49. The fourth-order valence-electron chi connectivity index (χ4n) is 2.23. The van der Waals surface area contributed by atoms with Gasteiger partial charge in [0.1, 0.15) is 0 Å². The van der Waals surface area contributed by atoms with Gasteiger partial charge in [-0.2, -0.15) is 0 Å². The van der Waals surface area contributed by atoms with E-state index < -0.39 is 0 Å². The molecule has 0 unspecified atom stereocenters. The van der Waals surface area contributed by atoms with Gasteiger partial charge in [-0.15, -0.1) is 0 Å².